The lowest BCUT2D eigenvalue weighted by molar-refractivity contribution is -0.121. The molecule has 1 rings (SSSR count). The van der Waals surface area contributed by atoms with Crippen molar-refractivity contribution < 1.29 is 9.59 Å². The summed E-state index contributed by atoms with van der Waals surface area (Å²) in [5.74, 6) is -0.262. The fourth-order valence-corrected chi connectivity index (χ4v) is 2.23. The first-order chi connectivity index (χ1) is 9.17. The highest BCUT2D eigenvalue weighted by Crippen LogP contribution is 2.10. The van der Waals surface area contributed by atoms with Gasteiger partial charge in [0.05, 0.1) is 6.54 Å². The molecule has 1 aliphatic heterocycles. The Balaban J connectivity index is 2.35. The molecule has 1 fully saturated rings. The fourth-order valence-electron chi connectivity index (χ4n) is 2.23. The Morgan fingerprint density at radius 2 is 2.11 bits per heavy atom. The van der Waals surface area contributed by atoms with Crippen molar-refractivity contribution in [3.05, 3.63) is 12.7 Å². The van der Waals surface area contributed by atoms with E-state index in [1.54, 1.807) is 6.08 Å². The van der Waals surface area contributed by atoms with E-state index in [1.165, 1.54) is 0 Å². The summed E-state index contributed by atoms with van der Waals surface area (Å²) in [7, 11) is 0. The van der Waals surface area contributed by atoms with Crippen molar-refractivity contribution >= 4 is 11.9 Å². The molecule has 1 saturated heterocycles. The van der Waals surface area contributed by atoms with Crippen LogP contribution in [0.25, 0.3) is 0 Å². The molecule has 0 atom stereocenters. The number of carbonyl (C=O) groups is 2. The van der Waals surface area contributed by atoms with Crippen LogP contribution in [0.3, 0.4) is 0 Å². The number of piperidine rings is 1. The number of nitrogens with zero attached hydrogens (tertiary/aromatic N) is 1. The van der Waals surface area contributed by atoms with Crippen molar-refractivity contribution in [2.75, 3.05) is 32.7 Å². The molecule has 0 saturated carbocycles. The van der Waals surface area contributed by atoms with Crippen LogP contribution in [0.15, 0.2) is 12.7 Å². The van der Waals surface area contributed by atoms with Crippen molar-refractivity contribution in [2.45, 2.75) is 25.8 Å². The van der Waals surface area contributed by atoms with Gasteiger partial charge in [-0.05, 0) is 32.5 Å². The highest BCUT2D eigenvalue weighted by molar-refractivity contribution is 5.95. The van der Waals surface area contributed by atoms with E-state index >= 15 is 0 Å². The van der Waals surface area contributed by atoms with E-state index in [1.807, 2.05) is 6.92 Å². The predicted octanol–water partition coefficient (Wildman–Crippen LogP) is 0.0721. The van der Waals surface area contributed by atoms with Crippen LogP contribution in [0, 0.1) is 0 Å². The largest absolute Gasteiger partial charge is 0.334 e. The van der Waals surface area contributed by atoms with Crippen molar-refractivity contribution in [1.29, 1.82) is 0 Å². The van der Waals surface area contributed by atoms with Crippen molar-refractivity contribution in [3.8, 4) is 0 Å². The molecule has 1 heterocycles. The minimum absolute atomic E-state index is 0.262. The van der Waals surface area contributed by atoms with E-state index in [2.05, 4.69) is 27.4 Å². The van der Waals surface area contributed by atoms with Gasteiger partial charge in [0, 0.05) is 12.6 Å². The first-order valence-electron chi connectivity index (χ1n) is 6.80. The molecule has 0 spiro atoms. The maximum absolute atomic E-state index is 11.8. The van der Waals surface area contributed by atoms with Gasteiger partial charge in [-0.3, -0.25) is 15.0 Å². The summed E-state index contributed by atoms with van der Waals surface area (Å²) >= 11 is 0. The van der Waals surface area contributed by atoms with Gasteiger partial charge in [0.2, 0.25) is 5.91 Å². The molecule has 0 aromatic heterocycles. The highest BCUT2D eigenvalue weighted by atomic mass is 16.2. The predicted molar refractivity (Wildman–Crippen MR) is 74.9 cm³/mol. The Labute approximate surface area is 114 Å². The Bertz CT molecular complexity index is 314. The summed E-state index contributed by atoms with van der Waals surface area (Å²) in [6.07, 6.45) is 3.66. The molecule has 3 N–H and O–H groups in total. The number of likely N-dealkylation sites (N-methyl/N-ethyl adjacent to an activating group) is 1. The molecular weight excluding hydrogens is 244 g/mol. The topological polar surface area (TPSA) is 73.5 Å². The van der Waals surface area contributed by atoms with Crippen molar-refractivity contribution in [2.24, 2.45) is 0 Å². The van der Waals surface area contributed by atoms with Gasteiger partial charge in [-0.1, -0.05) is 13.0 Å². The molecule has 1 aliphatic rings. The number of amides is 3. The molecule has 6 nitrogen and oxygen atoms in total. The van der Waals surface area contributed by atoms with E-state index in [4.69, 9.17) is 0 Å². The van der Waals surface area contributed by atoms with Crippen molar-refractivity contribution in [1.82, 2.24) is 20.9 Å². The Hall–Kier alpha value is -1.40. The zero-order valence-corrected chi connectivity index (χ0v) is 11.6. The van der Waals surface area contributed by atoms with Gasteiger partial charge in [0.15, 0.2) is 0 Å². The van der Waals surface area contributed by atoms with Gasteiger partial charge in [0.1, 0.15) is 0 Å². The van der Waals surface area contributed by atoms with Crippen LogP contribution in [0.4, 0.5) is 4.79 Å². The maximum Gasteiger partial charge on any atom is 0.321 e. The normalized spacial score (nSPS) is 16.1. The maximum atomic E-state index is 11.8. The number of rotatable bonds is 6. The average Bonchev–Trinajstić information content (AvgIpc) is 2.43. The zero-order chi connectivity index (χ0) is 14.1. The summed E-state index contributed by atoms with van der Waals surface area (Å²) in [6.45, 7) is 8.94. The van der Waals surface area contributed by atoms with Gasteiger partial charge in [-0.15, -0.1) is 6.58 Å². The van der Waals surface area contributed by atoms with Crippen LogP contribution in [0.5, 0.6) is 0 Å². The summed E-state index contributed by atoms with van der Waals surface area (Å²) in [4.78, 5) is 25.2. The lowest BCUT2D eigenvalue weighted by Crippen LogP contribution is -2.49. The van der Waals surface area contributed by atoms with Crippen LogP contribution in [0.2, 0.25) is 0 Å². The standard InChI is InChI=1S/C13H24N4O2/c1-3-7-15-13(19)16-12(18)10-17(4-2)11-5-8-14-9-6-11/h3,11,14H,1,4-10H2,2H3,(H2,15,16,18,19). The molecule has 3 amide bonds. The first kappa shape index (κ1) is 15.7. The summed E-state index contributed by atoms with van der Waals surface area (Å²) in [6, 6.07) is -0.0421. The second-order valence-corrected chi connectivity index (χ2v) is 4.59. The third kappa shape index (κ3) is 5.85. The van der Waals surface area contributed by atoms with Crippen LogP contribution in [0.1, 0.15) is 19.8 Å². The lowest BCUT2D eigenvalue weighted by atomic mass is 10.0. The fraction of sp³-hybridized carbons (Fsp3) is 0.692. The molecule has 0 bridgehead atoms. The van der Waals surface area contributed by atoms with Crippen LogP contribution < -0.4 is 16.0 Å². The quantitative estimate of drug-likeness (QED) is 0.596. The van der Waals surface area contributed by atoms with Gasteiger partial charge >= 0.3 is 6.03 Å². The van der Waals surface area contributed by atoms with Gasteiger partial charge in [0.25, 0.3) is 0 Å². The number of hydrogen-bond donors (Lipinski definition) is 3. The Morgan fingerprint density at radius 3 is 2.68 bits per heavy atom. The highest BCUT2D eigenvalue weighted by Gasteiger charge is 2.22. The molecule has 6 heteroatoms. The Kier molecular flexibility index (Phi) is 7.14. The van der Waals surface area contributed by atoms with Crippen LogP contribution in [-0.2, 0) is 4.79 Å². The number of carbonyl (C=O) groups excluding carboxylic acids is 2. The monoisotopic (exact) mass is 268 g/mol. The summed E-state index contributed by atoms with van der Waals surface area (Å²) in [5.41, 5.74) is 0. The van der Waals surface area contributed by atoms with E-state index in [0.29, 0.717) is 12.6 Å². The molecule has 19 heavy (non-hydrogen) atoms. The van der Waals surface area contributed by atoms with Crippen molar-refractivity contribution in [3.63, 3.8) is 0 Å². The summed E-state index contributed by atoms with van der Waals surface area (Å²) < 4.78 is 0. The molecule has 0 aromatic rings. The molecule has 0 radical (unpaired) electrons. The first-order valence-corrected chi connectivity index (χ1v) is 6.80. The minimum Gasteiger partial charge on any atom is -0.334 e. The zero-order valence-electron chi connectivity index (χ0n) is 11.6. The van der Waals surface area contributed by atoms with E-state index in [-0.39, 0.29) is 12.5 Å². The average molecular weight is 268 g/mol. The number of imide groups is 1. The smallest absolute Gasteiger partial charge is 0.321 e. The molecule has 0 unspecified atom stereocenters. The second kappa shape index (κ2) is 8.66. The summed E-state index contributed by atoms with van der Waals surface area (Å²) in [5, 5.41) is 8.14. The molecule has 0 aromatic carbocycles. The third-order valence-electron chi connectivity index (χ3n) is 3.24. The number of urea groups is 1. The van der Waals surface area contributed by atoms with E-state index in [0.717, 1.165) is 32.5 Å². The van der Waals surface area contributed by atoms with E-state index < -0.39 is 6.03 Å². The van der Waals surface area contributed by atoms with Crippen LogP contribution in [-0.4, -0.2) is 55.6 Å². The van der Waals surface area contributed by atoms with Crippen LogP contribution >= 0.6 is 0 Å². The van der Waals surface area contributed by atoms with Gasteiger partial charge in [-0.2, -0.15) is 0 Å². The third-order valence-corrected chi connectivity index (χ3v) is 3.24. The molecular formula is C13H24N4O2. The van der Waals surface area contributed by atoms with Gasteiger partial charge < -0.3 is 10.6 Å². The minimum atomic E-state index is -0.466. The number of hydrogen-bond acceptors (Lipinski definition) is 4. The molecule has 108 valence electrons. The second-order valence-electron chi connectivity index (χ2n) is 4.59. The van der Waals surface area contributed by atoms with Gasteiger partial charge in [-0.25, -0.2) is 4.79 Å². The van der Waals surface area contributed by atoms with E-state index in [9.17, 15) is 9.59 Å². The Morgan fingerprint density at radius 1 is 1.42 bits per heavy atom. The number of nitrogens with one attached hydrogen (secondary N) is 3. The SMILES string of the molecule is C=CCNC(=O)NC(=O)CN(CC)C1CCNCC1. The lowest BCUT2D eigenvalue weighted by Gasteiger charge is -2.33. The molecule has 0 aliphatic carbocycles.